The minimum absolute atomic E-state index is 0.124. The molecule has 0 saturated carbocycles. The fourth-order valence-corrected chi connectivity index (χ4v) is 3.44. The highest BCUT2D eigenvalue weighted by molar-refractivity contribution is 7.17. The van der Waals surface area contributed by atoms with Crippen LogP contribution in [0.5, 0.6) is 0 Å². The van der Waals surface area contributed by atoms with E-state index in [1.165, 1.54) is 16.9 Å². The fraction of sp³-hybridized carbons (Fsp3) is 0.200. The summed E-state index contributed by atoms with van der Waals surface area (Å²) < 4.78 is 0. The van der Waals surface area contributed by atoms with E-state index in [0.717, 1.165) is 28.2 Å². The molecule has 0 radical (unpaired) electrons. The molecule has 0 bridgehead atoms. The van der Waals surface area contributed by atoms with Crippen molar-refractivity contribution in [2.24, 2.45) is 0 Å². The summed E-state index contributed by atoms with van der Waals surface area (Å²) in [6.07, 6.45) is 0. The lowest BCUT2D eigenvalue weighted by atomic mass is 10.1. The van der Waals surface area contributed by atoms with Crippen LogP contribution in [0.1, 0.15) is 32.1 Å². The van der Waals surface area contributed by atoms with Gasteiger partial charge in [-0.1, -0.05) is 35.6 Å². The normalized spacial score (nSPS) is 10.6. The van der Waals surface area contributed by atoms with Crippen LogP contribution in [-0.2, 0) is 0 Å². The predicted octanol–water partition coefficient (Wildman–Crippen LogP) is 5.37. The van der Waals surface area contributed by atoms with Gasteiger partial charge in [-0.3, -0.25) is 4.79 Å². The molecule has 0 aliphatic carbocycles. The maximum Gasteiger partial charge on any atom is 0.267 e. The van der Waals surface area contributed by atoms with Crippen molar-refractivity contribution in [3.63, 3.8) is 0 Å². The van der Waals surface area contributed by atoms with E-state index in [1.54, 1.807) is 0 Å². The summed E-state index contributed by atoms with van der Waals surface area (Å²) in [6.45, 7) is 7.90. The molecule has 0 atom stereocenters. The van der Waals surface area contributed by atoms with E-state index in [0.29, 0.717) is 10.0 Å². The minimum atomic E-state index is -0.124. The van der Waals surface area contributed by atoms with Gasteiger partial charge in [0.1, 0.15) is 4.88 Å². The Bertz CT molecular complexity index is 930. The van der Waals surface area contributed by atoms with Crippen molar-refractivity contribution < 1.29 is 4.79 Å². The van der Waals surface area contributed by atoms with Gasteiger partial charge in [-0.15, -0.1) is 0 Å². The van der Waals surface area contributed by atoms with Crippen molar-refractivity contribution in [3.8, 4) is 0 Å². The maximum atomic E-state index is 12.6. The topological polar surface area (TPSA) is 54.0 Å². The van der Waals surface area contributed by atoms with Gasteiger partial charge < -0.3 is 10.6 Å². The molecule has 25 heavy (non-hydrogen) atoms. The van der Waals surface area contributed by atoms with Crippen LogP contribution in [0.4, 0.5) is 16.5 Å². The minimum Gasteiger partial charge on any atom is -0.332 e. The summed E-state index contributed by atoms with van der Waals surface area (Å²) in [6, 6.07) is 14.1. The highest BCUT2D eigenvalue weighted by Gasteiger charge is 2.16. The Morgan fingerprint density at radius 2 is 1.76 bits per heavy atom. The van der Waals surface area contributed by atoms with Crippen LogP contribution in [0.25, 0.3) is 0 Å². The van der Waals surface area contributed by atoms with E-state index in [9.17, 15) is 4.79 Å². The average Bonchev–Trinajstić information content (AvgIpc) is 2.91. The van der Waals surface area contributed by atoms with Gasteiger partial charge in [-0.05, 0) is 62.6 Å². The molecule has 0 unspecified atom stereocenters. The number of carbonyl (C=O) groups is 1. The second-order valence-corrected chi connectivity index (χ2v) is 7.20. The van der Waals surface area contributed by atoms with Crippen LogP contribution >= 0.6 is 11.3 Å². The van der Waals surface area contributed by atoms with Crippen LogP contribution in [0.2, 0.25) is 0 Å². The molecule has 0 saturated heterocycles. The Balaban J connectivity index is 1.79. The van der Waals surface area contributed by atoms with Crippen LogP contribution in [0.3, 0.4) is 0 Å². The van der Waals surface area contributed by atoms with E-state index in [-0.39, 0.29) is 5.91 Å². The molecule has 2 N–H and O–H groups in total. The molecule has 1 aromatic heterocycles. The highest BCUT2D eigenvalue weighted by Crippen LogP contribution is 2.27. The third kappa shape index (κ3) is 4.06. The number of rotatable bonds is 4. The molecule has 2 aromatic carbocycles. The van der Waals surface area contributed by atoms with Crippen molar-refractivity contribution in [3.05, 3.63) is 69.7 Å². The van der Waals surface area contributed by atoms with Crippen LogP contribution < -0.4 is 10.6 Å². The number of hydrogen-bond acceptors (Lipinski definition) is 4. The van der Waals surface area contributed by atoms with Crippen molar-refractivity contribution in [2.75, 3.05) is 10.6 Å². The highest BCUT2D eigenvalue weighted by atomic mass is 32.1. The maximum absolute atomic E-state index is 12.6. The number of anilines is 3. The van der Waals surface area contributed by atoms with Gasteiger partial charge in [0.15, 0.2) is 5.13 Å². The Morgan fingerprint density at radius 3 is 2.52 bits per heavy atom. The zero-order chi connectivity index (χ0) is 18.0. The summed E-state index contributed by atoms with van der Waals surface area (Å²) in [5.41, 5.74) is 5.86. The first-order chi connectivity index (χ1) is 11.9. The summed E-state index contributed by atoms with van der Waals surface area (Å²) in [5, 5.41) is 6.99. The first kappa shape index (κ1) is 17.2. The van der Waals surface area contributed by atoms with E-state index >= 15 is 0 Å². The van der Waals surface area contributed by atoms with Gasteiger partial charge in [0.05, 0.1) is 5.69 Å². The number of hydrogen-bond donors (Lipinski definition) is 2. The van der Waals surface area contributed by atoms with E-state index in [4.69, 9.17) is 0 Å². The molecule has 1 heterocycles. The lowest BCUT2D eigenvalue weighted by molar-refractivity contribution is 0.102. The Hall–Kier alpha value is -2.66. The number of amides is 1. The first-order valence-electron chi connectivity index (χ1n) is 8.12. The molecule has 5 heteroatoms. The third-order valence-electron chi connectivity index (χ3n) is 3.91. The third-order valence-corrected chi connectivity index (χ3v) is 4.99. The van der Waals surface area contributed by atoms with Crippen LogP contribution in [0.15, 0.2) is 42.5 Å². The van der Waals surface area contributed by atoms with Crippen molar-refractivity contribution >= 4 is 33.8 Å². The smallest absolute Gasteiger partial charge is 0.267 e. The molecule has 4 nitrogen and oxygen atoms in total. The number of aromatic nitrogens is 1. The molecule has 128 valence electrons. The van der Waals surface area contributed by atoms with Gasteiger partial charge in [0.2, 0.25) is 0 Å². The second-order valence-electron chi connectivity index (χ2n) is 6.20. The number of benzene rings is 2. The molecule has 0 aliphatic rings. The molecule has 0 fully saturated rings. The Labute approximate surface area is 151 Å². The second kappa shape index (κ2) is 7.07. The lowest BCUT2D eigenvalue weighted by Crippen LogP contribution is -2.12. The van der Waals surface area contributed by atoms with E-state index in [1.807, 2.05) is 70.2 Å². The molecule has 0 aliphatic heterocycles. The molecule has 3 aromatic rings. The van der Waals surface area contributed by atoms with Gasteiger partial charge in [-0.2, -0.15) is 0 Å². The van der Waals surface area contributed by atoms with Crippen LogP contribution in [0, 0.1) is 27.7 Å². The largest absolute Gasteiger partial charge is 0.332 e. The zero-order valence-corrected chi connectivity index (χ0v) is 15.6. The SMILES string of the molecule is Cc1cccc(Nc2nc(C)c(C(=O)Nc3cc(C)ccc3C)s2)c1. The number of thiazole rings is 1. The number of nitrogens with one attached hydrogen (secondary N) is 2. The van der Waals surface area contributed by atoms with Gasteiger partial charge >= 0.3 is 0 Å². The molecule has 3 rings (SSSR count). The summed E-state index contributed by atoms with van der Waals surface area (Å²) in [7, 11) is 0. The summed E-state index contributed by atoms with van der Waals surface area (Å²) in [4.78, 5) is 17.8. The van der Waals surface area contributed by atoms with E-state index in [2.05, 4.69) is 15.6 Å². The molecular formula is C20H21N3OS. The molecule has 1 amide bonds. The van der Waals surface area contributed by atoms with Crippen molar-refractivity contribution in [2.45, 2.75) is 27.7 Å². The van der Waals surface area contributed by atoms with Gasteiger partial charge in [0.25, 0.3) is 5.91 Å². The first-order valence-corrected chi connectivity index (χ1v) is 8.94. The quantitative estimate of drug-likeness (QED) is 0.664. The number of carbonyl (C=O) groups excluding carboxylic acids is 1. The monoisotopic (exact) mass is 351 g/mol. The Morgan fingerprint density at radius 1 is 1.00 bits per heavy atom. The predicted molar refractivity (Wildman–Crippen MR) is 105 cm³/mol. The summed E-state index contributed by atoms with van der Waals surface area (Å²) in [5.74, 6) is -0.124. The summed E-state index contributed by atoms with van der Waals surface area (Å²) >= 11 is 1.36. The average molecular weight is 351 g/mol. The lowest BCUT2D eigenvalue weighted by Gasteiger charge is -2.08. The standard InChI is InChI=1S/C20H21N3OS/c1-12-6-5-7-16(10-12)22-20-21-15(4)18(25-20)19(24)23-17-11-13(2)8-9-14(17)3/h5-11H,1-4H3,(H,21,22)(H,23,24). The van der Waals surface area contributed by atoms with Gasteiger partial charge in [-0.25, -0.2) is 4.98 Å². The van der Waals surface area contributed by atoms with Crippen LogP contribution in [-0.4, -0.2) is 10.9 Å². The van der Waals surface area contributed by atoms with Gasteiger partial charge in [0, 0.05) is 11.4 Å². The van der Waals surface area contributed by atoms with Crippen molar-refractivity contribution in [1.82, 2.24) is 4.98 Å². The molecule has 0 spiro atoms. The Kier molecular flexibility index (Phi) is 4.86. The molecular weight excluding hydrogens is 330 g/mol. The zero-order valence-electron chi connectivity index (χ0n) is 14.8. The van der Waals surface area contributed by atoms with E-state index < -0.39 is 0 Å². The van der Waals surface area contributed by atoms with Crippen molar-refractivity contribution in [1.29, 1.82) is 0 Å². The number of aryl methyl sites for hydroxylation is 4. The number of nitrogens with zero attached hydrogens (tertiary/aromatic N) is 1. The fourth-order valence-electron chi connectivity index (χ4n) is 2.56.